The molecule has 3 aromatic rings. The number of hydrogen-bond acceptors (Lipinski definition) is 5. The van der Waals surface area contributed by atoms with Gasteiger partial charge in [-0.05, 0) is 48.1 Å². The predicted molar refractivity (Wildman–Crippen MR) is 142 cm³/mol. The van der Waals surface area contributed by atoms with E-state index in [0.717, 1.165) is 24.1 Å². The van der Waals surface area contributed by atoms with Crippen LogP contribution < -0.4 is 10.5 Å². The van der Waals surface area contributed by atoms with Crippen molar-refractivity contribution in [1.29, 1.82) is 0 Å². The zero-order valence-corrected chi connectivity index (χ0v) is 20.5. The molecule has 2 unspecified atom stereocenters. The van der Waals surface area contributed by atoms with Crippen LogP contribution in [0.3, 0.4) is 0 Å². The Morgan fingerprint density at radius 3 is 2.57 bits per heavy atom. The summed E-state index contributed by atoms with van der Waals surface area (Å²) in [7, 11) is 0. The van der Waals surface area contributed by atoms with Gasteiger partial charge in [-0.3, -0.25) is 19.7 Å². The Hall–Kier alpha value is -4.20. The van der Waals surface area contributed by atoms with E-state index < -0.39 is 4.92 Å². The second-order valence-corrected chi connectivity index (χ2v) is 10.2. The molecule has 3 aliphatic rings. The van der Waals surface area contributed by atoms with Gasteiger partial charge in [0.2, 0.25) is 0 Å². The molecule has 0 spiro atoms. The summed E-state index contributed by atoms with van der Waals surface area (Å²) in [5.41, 5.74) is 4.20. The smallest absolute Gasteiger partial charge is 0.293 e. The van der Waals surface area contributed by atoms with Crippen molar-refractivity contribution in [3.63, 3.8) is 0 Å². The van der Waals surface area contributed by atoms with Crippen molar-refractivity contribution in [3.05, 3.63) is 110 Å². The second-order valence-electron chi connectivity index (χ2n) is 10.2. The molecular formula is C29H28N4O4. The van der Waals surface area contributed by atoms with Crippen LogP contribution in [0.1, 0.15) is 40.4 Å². The minimum absolute atomic E-state index is 0.0120. The fourth-order valence-corrected chi connectivity index (χ4v) is 6.11. The van der Waals surface area contributed by atoms with Crippen LogP contribution in [-0.2, 0) is 6.54 Å². The van der Waals surface area contributed by atoms with E-state index in [2.05, 4.69) is 23.1 Å². The van der Waals surface area contributed by atoms with Crippen molar-refractivity contribution >= 4 is 22.9 Å². The van der Waals surface area contributed by atoms with Gasteiger partial charge in [-0.15, -0.1) is 0 Å². The van der Waals surface area contributed by atoms with Crippen LogP contribution in [0, 0.1) is 16.0 Å². The lowest BCUT2D eigenvalue weighted by Gasteiger charge is -2.43. The first-order valence-corrected chi connectivity index (χ1v) is 12.7. The van der Waals surface area contributed by atoms with Gasteiger partial charge >= 0.3 is 0 Å². The Kier molecular flexibility index (Phi) is 5.87. The first-order chi connectivity index (χ1) is 18.0. The largest absolute Gasteiger partial charge is 0.365 e. The van der Waals surface area contributed by atoms with Crippen molar-refractivity contribution < 1.29 is 9.72 Å². The lowest BCUT2D eigenvalue weighted by Crippen LogP contribution is -2.47. The number of rotatable bonds is 4. The average molecular weight is 497 g/mol. The molecule has 0 saturated carbocycles. The lowest BCUT2D eigenvalue weighted by atomic mass is 9.83. The van der Waals surface area contributed by atoms with Gasteiger partial charge in [-0.2, -0.15) is 0 Å². The van der Waals surface area contributed by atoms with Gasteiger partial charge in [-0.1, -0.05) is 42.5 Å². The quantitative estimate of drug-likeness (QED) is 0.397. The summed E-state index contributed by atoms with van der Waals surface area (Å²) in [5, 5.41) is 12.1. The van der Waals surface area contributed by atoms with E-state index in [1.165, 1.54) is 11.6 Å². The number of hydrogen-bond donors (Lipinski definition) is 0. The number of pyridine rings is 1. The Bertz CT molecular complexity index is 1460. The van der Waals surface area contributed by atoms with Crippen molar-refractivity contribution in [1.82, 2.24) is 9.47 Å². The highest BCUT2D eigenvalue weighted by molar-refractivity contribution is 5.96. The summed E-state index contributed by atoms with van der Waals surface area (Å²) in [6.07, 6.45) is 3.78. The van der Waals surface area contributed by atoms with Gasteiger partial charge in [0.25, 0.3) is 17.2 Å². The topological polar surface area (TPSA) is 88.7 Å². The third kappa shape index (κ3) is 4.33. The highest BCUT2D eigenvalue weighted by Crippen LogP contribution is 2.40. The van der Waals surface area contributed by atoms with Gasteiger partial charge in [-0.25, -0.2) is 0 Å². The molecule has 2 atom stereocenters. The summed E-state index contributed by atoms with van der Waals surface area (Å²) in [4.78, 5) is 41.1. The third-order valence-electron chi connectivity index (χ3n) is 7.88. The van der Waals surface area contributed by atoms with E-state index in [4.69, 9.17) is 0 Å². The van der Waals surface area contributed by atoms with Crippen molar-refractivity contribution in [2.45, 2.75) is 25.3 Å². The number of anilines is 1. The van der Waals surface area contributed by atoms with Crippen LogP contribution in [0.15, 0.2) is 77.6 Å². The van der Waals surface area contributed by atoms with Crippen LogP contribution in [0.5, 0.6) is 0 Å². The SMILES string of the molecule is O=C(c1ccc(N2CC3CC(C2)c2cccc(=O)n2C3)c([N+](=O)[O-])c1)N1CC=C(c2ccccc2)CC1. The third-order valence-corrected chi connectivity index (χ3v) is 7.88. The van der Waals surface area contributed by atoms with Crippen molar-refractivity contribution in [2.75, 3.05) is 31.1 Å². The molecule has 0 radical (unpaired) electrons. The van der Waals surface area contributed by atoms with Gasteiger partial charge in [0.05, 0.1) is 4.92 Å². The zero-order valence-electron chi connectivity index (χ0n) is 20.5. The molecule has 6 rings (SSSR count). The molecular weight excluding hydrogens is 468 g/mol. The fraction of sp³-hybridized carbons (Fsp3) is 0.310. The fourth-order valence-electron chi connectivity index (χ4n) is 6.11. The maximum atomic E-state index is 13.3. The van der Waals surface area contributed by atoms with E-state index in [9.17, 15) is 19.7 Å². The van der Waals surface area contributed by atoms with Gasteiger partial charge in [0.15, 0.2) is 0 Å². The molecule has 2 bridgehead atoms. The molecule has 4 heterocycles. The number of piperidine rings is 1. The van der Waals surface area contributed by atoms with E-state index in [-0.39, 0.29) is 29.0 Å². The zero-order chi connectivity index (χ0) is 25.5. The molecule has 1 saturated heterocycles. The van der Waals surface area contributed by atoms with Crippen LogP contribution in [0.2, 0.25) is 0 Å². The summed E-state index contributed by atoms with van der Waals surface area (Å²) in [6, 6.07) is 20.3. The molecule has 1 fully saturated rings. The Balaban J connectivity index is 1.23. The number of nitrogens with zero attached hydrogens (tertiary/aromatic N) is 4. The number of benzene rings is 2. The number of nitro benzene ring substituents is 1. The summed E-state index contributed by atoms with van der Waals surface area (Å²) in [5.74, 6) is 0.189. The molecule has 2 aromatic carbocycles. The van der Waals surface area contributed by atoms with Gasteiger partial charge in [0.1, 0.15) is 5.69 Å². The highest BCUT2D eigenvalue weighted by atomic mass is 16.6. The number of carbonyl (C=O) groups excluding carboxylic acids is 1. The number of aromatic nitrogens is 1. The number of nitro groups is 1. The van der Waals surface area contributed by atoms with E-state index in [1.54, 1.807) is 29.2 Å². The molecule has 0 aliphatic carbocycles. The molecule has 3 aliphatic heterocycles. The molecule has 37 heavy (non-hydrogen) atoms. The Morgan fingerprint density at radius 2 is 1.81 bits per heavy atom. The molecule has 0 N–H and O–H groups in total. The Labute approximate surface area is 214 Å². The highest BCUT2D eigenvalue weighted by Gasteiger charge is 2.36. The van der Waals surface area contributed by atoms with Crippen LogP contribution in [-0.4, -0.2) is 46.5 Å². The normalized spacial score (nSPS) is 20.7. The minimum atomic E-state index is -0.390. The van der Waals surface area contributed by atoms with Gasteiger partial charge in [0, 0.05) is 62.0 Å². The molecule has 188 valence electrons. The molecule has 1 aromatic heterocycles. The maximum absolute atomic E-state index is 13.3. The van der Waals surface area contributed by atoms with Gasteiger partial charge < -0.3 is 14.4 Å². The standard InChI is InChI=1S/C29H28N4O4/c34-28-8-4-7-25-24-15-20(18-32(25)28)17-31(19-24)26-10-9-23(16-27(26)33(36)37)29(35)30-13-11-22(12-14-30)21-5-2-1-3-6-21/h1-11,16,20,24H,12-15,17-19H2. The van der Waals surface area contributed by atoms with Crippen LogP contribution >= 0.6 is 0 Å². The first-order valence-electron chi connectivity index (χ1n) is 12.7. The number of carbonyl (C=O) groups is 1. The first kappa shape index (κ1) is 23.2. The second kappa shape index (κ2) is 9.35. The van der Waals surface area contributed by atoms with E-state index in [1.807, 2.05) is 28.8 Å². The van der Waals surface area contributed by atoms with Crippen molar-refractivity contribution in [2.24, 2.45) is 5.92 Å². The predicted octanol–water partition coefficient (Wildman–Crippen LogP) is 4.31. The molecule has 1 amide bonds. The monoisotopic (exact) mass is 496 g/mol. The number of amides is 1. The summed E-state index contributed by atoms with van der Waals surface area (Å²) < 4.78 is 1.85. The van der Waals surface area contributed by atoms with Crippen molar-refractivity contribution in [3.8, 4) is 0 Å². The maximum Gasteiger partial charge on any atom is 0.293 e. The molecule has 8 nitrogen and oxygen atoms in total. The minimum Gasteiger partial charge on any atom is -0.365 e. The van der Waals surface area contributed by atoms with E-state index >= 15 is 0 Å². The molecule has 8 heteroatoms. The lowest BCUT2D eigenvalue weighted by molar-refractivity contribution is -0.384. The Morgan fingerprint density at radius 1 is 0.973 bits per heavy atom. The van der Waals surface area contributed by atoms with Crippen LogP contribution in [0.4, 0.5) is 11.4 Å². The summed E-state index contributed by atoms with van der Waals surface area (Å²) >= 11 is 0. The van der Waals surface area contributed by atoms with E-state index in [0.29, 0.717) is 44.0 Å². The van der Waals surface area contributed by atoms with Crippen LogP contribution in [0.25, 0.3) is 5.57 Å². The summed E-state index contributed by atoms with van der Waals surface area (Å²) in [6.45, 7) is 2.92. The number of fused-ring (bicyclic) bond motifs is 4. The average Bonchev–Trinajstić information content (AvgIpc) is 2.93.